The van der Waals surface area contributed by atoms with Crippen molar-refractivity contribution in [2.45, 2.75) is 29.8 Å². The maximum absolute atomic E-state index is 12.1. The van der Waals surface area contributed by atoms with E-state index in [-0.39, 0.29) is 18.7 Å². The molecule has 2 rings (SSSR count). The molecule has 5 nitrogen and oxygen atoms in total. The van der Waals surface area contributed by atoms with Crippen LogP contribution in [0.15, 0.2) is 35.2 Å². The molecule has 1 aromatic rings. The smallest absolute Gasteiger partial charge is 0.335 e. The van der Waals surface area contributed by atoms with Crippen molar-refractivity contribution >= 4 is 23.6 Å². The number of hydrogen-bond acceptors (Lipinski definition) is 4. The van der Waals surface area contributed by atoms with Gasteiger partial charge in [0, 0.05) is 43.0 Å². The summed E-state index contributed by atoms with van der Waals surface area (Å²) in [6, 6.07) is 9.88. The maximum Gasteiger partial charge on any atom is 0.335 e. The predicted molar refractivity (Wildman–Crippen MR) is 80.2 cm³/mol. The summed E-state index contributed by atoms with van der Waals surface area (Å²) in [4.78, 5) is 25.7. The van der Waals surface area contributed by atoms with Crippen molar-refractivity contribution in [3.05, 3.63) is 30.3 Å². The lowest BCUT2D eigenvalue weighted by molar-refractivity contribution is -0.165. The first-order valence-corrected chi connectivity index (χ1v) is 7.91. The Kier molecular flexibility index (Phi) is 5.25. The lowest BCUT2D eigenvalue weighted by Crippen LogP contribution is -2.50. The maximum atomic E-state index is 12.1. The number of nitrogens with zero attached hydrogens (tertiary/aromatic N) is 1. The Morgan fingerprint density at radius 3 is 2.38 bits per heavy atom. The fourth-order valence-corrected chi connectivity index (χ4v) is 3.13. The zero-order valence-electron chi connectivity index (χ0n) is 11.7. The van der Waals surface area contributed by atoms with E-state index in [0.29, 0.717) is 25.3 Å². The highest BCUT2D eigenvalue weighted by molar-refractivity contribution is 7.99. The fraction of sp³-hybridized carbons (Fsp3) is 0.467. The van der Waals surface area contributed by atoms with E-state index in [1.807, 2.05) is 30.3 Å². The summed E-state index contributed by atoms with van der Waals surface area (Å²) in [5.74, 6) is -0.483. The number of likely N-dealkylation sites (tertiary alicyclic amines) is 1. The van der Waals surface area contributed by atoms with Crippen LogP contribution in [-0.4, -0.2) is 51.4 Å². The summed E-state index contributed by atoms with van der Waals surface area (Å²) in [5.41, 5.74) is -1.67. The second-order valence-corrected chi connectivity index (χ2v) is 6.30. The molecule has 0 saturated carbocycles. The molecule has 0 radical (unpaired) electrons. The SMILES string of the molecule is O=C(CCSc1ccccc1)N1CCC(O)(C(=O)O)CC1. The zero-order valence-corrected chi connectivity index (χ0v) is 12.5. The van der Waals surface area contributed by atoms with Crippen LogP contribution in [0.4, 0.5) is 0 Å². The molecule has 1 aromatic carbocycles. The molecule has 0 atom stereocenters. The van der Waals surface area contributed by atoms with Gasteiger partial charge in [0.2, 0.25) is 5.91 Å². The number of benzene rings is 1. The fourth-order valence-electron chi connectivity index (χ4n) is 2.27. The minimum atomic E-state index is -1.67. The monoisotopic (exact) mass is 309 g/mol. The summed E-state index contributed by atoms with van der Waals surface area (Å²) in [5, 5.41) is 18.8. The lowest BCUT2D eigenvalue weighted by Gasteiger charge is -2.35. The van der Waals surface area contributed by atoms with Gasteiger partial charge in [0.25, 0.3) is 0 Å². The molecule has 0 spiro atoms. The molecule has 1 saturated heterocycles. The standard InChI is InChI=1S/C15H19NO4S/c17-13(6-11-21-12-4-2-1-3-5-12)16-9-7-15(20,8-10-16)14(18)19/h1-5,20H,6-11H2,(H,18,19). The molecule has 2 N–H and O–H groups in total. The van der Waals surface area contributed by atoms with Gasteiger partial charge in [-0.1, -0.05) is 18.2 Å². The van der Waals surface area contributed by atoms with Crippen molar-refractivity contribution in [1.29, 1.82) is 0 Å². The molecule has 114 valence electrons. The number of piperidine rings is 1. The zero-order chi connectivity index (χ0) is 15.3. The number of carbonyl (C=O) groups excluding carboxylic acids is 1. The number of thioether (sulfide) groups is 1. The Morgan fingerprint density at radius 2 is 1.81 bits per heavy atom. The molecule has 0 aliphatic carbocycles. The van der Waals surface area contributed by atoms with Gasteiger partial charge in [-0.15, -0.1) is 11.8 Å². The highest BCUT2D eigenvalue weighted by Crippen LogP contribution is 2.24. The van der Waals surface area contributed by atoms with Gasteiger partial charge >= 0.3 is 5.97 Å². The Bertz CT molecular complexity index is 498. The van der Waals surface area contributed by atoms with Crippen molar-refractivity contribution in [2.75, 3.05) is 18.8 Å². The molecule has 6 heteroatoms. The third kappa shape index (κ3) is 4.22. The first-order chi connectivity index (χ1) is 10.0. The number of carboxylic acid groups (broad SMARTS) is 1. The van der Waals surface area contributed by atoms with E-state index in [0.717, 1.165) is 4.90 Å². The quantitative estimate of drug-likeness (QED) is 0.808. The molecule has 0 bridgehead atoms. The van der Waals surface area contributed by atoms with E-state index < -0.39 is 11.6 Å². The van der Waals surface area contributed by atoms with Crippen molar-refractivity contribution in [2.24, 2.45) is 0 Å². The van der Waals surface area contributed by atoms with Gasteiger partial charge in [-0.25, -0.2) is 4.79 Å². The van der Waals surface area contributed by atoms with Gasteiger partial charge in [0.15, 0.2) is 5.60 Å². The van der Waals surface area contributed by atoms with Crippen LogP contribution in [0.3, 0.4) is 0 Å². The van der Waals surface area contributed by atoms with Crippen molar-refractivity contribution in [3.8, 4) is 0 Å². The number of aliphatic carboxylic acids is 1. The molecule has 0 unspecified atom stereocenters. The molecule has 1 fully saturated rings. The second kappa shape index (κ2) is 6.95. The van der Waals surface area contributed by atoms with E-state index in [9.17, 15) is 14.7 Å². The number of hydrogen-bond donors (Lipinski definition) is 2. The topological polar surface area (TPSA) is 77.8 Å². The number of aliphatic hydroxyl groups is 1. The summed E-state index contributed by atoms with van der Waals surface area (Å²) in [6.07, 6.45) is 0.616. The van der Waals surface area contributed by atoms with Crippen molar-refractivity contribution < 1.29 is 19.8 Å². The van der Waals surface area contributed by atoms with Crippen LogP contribution in [-0.2, 0) is 9.59 Å². The minimum Gasteiger partial charge on any atom is -0.479 e. The third-order valence-corrected chi connectivity index (χ3v) is 4.68. The molecule has 0 aromatic heterocycles. The predicted octanol–water partition coefficient (Wildman–Crippen LogP) is 1.61. The van der Waals surface area contributed by atoms with E-state index >= 15 is 0 Å². The highest BCUT2D eigenvalue weighted by Gasteiger charge is 2.40. The second-order valence-electron chi connectivity index (χ2n) is 5.13. The molecular formula is C15H19NO4S. The van der Waals surface area contributed by atoms with Gasteiger partial charge in [-0.05, 0) is 12.1 Å². The van der Waals surface area contributed by atoms with Gasteiger partial charge in [-0.3, -0.25) is 4.79 Å². The Morgan fingerprint density at radius 1 is 1.19 bits per heavy atom. The van der Waals surface area contributed by atoms with Crippen molar-refractivity contribution in [1.82, 2.24) is 4.90 Å². The Hall–Kier alpha value is -1.53. The van der Waals surface area contributed by atoms with Gasteiger partial charge in [-0.2, -0.15) is 0 Å². The van der Waals surface area contributed by atoms with Crippen LogP contribution in [0.1, 0.15) is 19.3 Å². The number of carbonyl (C=O) groups is 2. The largest absolute Gasteiger partial charge is 0.479 e. The molecule has 1 amide bonds. The van der Waals surface area contributed by atoms with Gasteiger partial charge < -0.3 is 15.1 Å². The molecule has 21 heavy (non-hydrogen) atoms. The van der Waals surface area contributed by atoms with E-state index in [1.165, 1.54) is 0 Å². The molecule has 1 aliphatic heterocycles. The minimum absolute atomic E-state index is 0.0193. The average molecular weight is 309 g/mol. The Labute approximate surface area is 128 Å². The normalized spacial score (nSPS) is 17.5. The molecule has 1 heterocycles. The van der Waals surface area contributed by atoms with E-state index in [1.54, 1.807) is 16.7 Å². The van der Waals surface area contributed by atoms with Gasteiger partial charge in [0.05, 0.1) is 0 Å². The van der Waals surface area contributed by atoms with Crippen LogP contribution >= 0.6 is 11.8 Å². The van der Waals surface area contributed by atoms with Gasteiger partial charge in [0.1, 0.15) is 0 Å². The first-order valence-electron chi connectivity index (χ1n) is 6.93. The number of rotatable bonds is 5. The van der Waals surface area contributed by atoms with Crippen LogP contribution < -0.4 is 0 Å². The van der Waals surface area contributed by atoms with Crippen LogP contribution in [0.2, 0.25) is 0 Å². The molecule has 1 aliphatic rings. The summed E-state index contributed by atoms with van der Waals surface area (Å²) in [6.45, 7) is 0.606. The van der Waals surface area contributed by atoms with Crippen molar-refractivity contribution in [3.63, 3.8) is 0 Å². The highest BCUT2D eigenvalue weighted by atomic mass is 32.2. The summed E-state index contributed by atoms with van der Waals surface area (Å²) in [7, 11) is 0. The van der Waals surface area contributed by atoms with Crippen LogP contribution in [0.5, 0.6) is 0 Å². The lowest BCUT2D eigenvalue weighted by atomic mass is 9.91. The van der Waals surface area contributed by atoms with Crippen LogP contribution in [0, 0.1) is 0 Å². The third-order valence-electron chi connectivity index (χ3n) is 3.67. The molecular weight excluding hydrogens is 290 g/mol. The summed E-state index contributed by atoms with van der Waals surface area (Å²) >= 11 is 1.63. The Balaban J connectivity index is 1.74. The van der Waals surface area contributed by atoms with Crippen LogP contribution in [0.25, 0.3) is 0 Å². The summed E-state index contributed by atoms with van der Waals surface area (Å²) < 4.78 is 0. The average Bonchev–Trinajstić information content (AvgIpc) is 2.49. The number of carboxylic acids is 1. The first kappa shape index (κ1) is 15.9. The van der Waals surface area contributed by atoms with E-state index in [4.69, 9.17) is 5.11 Å². The van der Waals surface area contributed by atoms with E-state index in [2.05, 4.69) is 0 Å². The number of amides is 1.